The summed E-state index contributed by atoms with van der Waals surface area (Å²) in [7, 11) is 0. The number of rotatable bonds is 1. The molecule has 2 aliphatic rings. The van der Waals surface area contributed by atoms with Crippen LogP contribution in [-0.2, 0) is 0 Å². The molecule has 0 amide bonds. The molecule has 2 nitrogen and oxygen atoms in total. The molecule has 84 valence electrons. The van der Waals surface area contributed by atoms with Crippen molar-refractivity contribution < 1.29 is 0 Å². The second-order valence-electron chi connectivity index (χ2n) is 4.94. The third-order valence-electron chi connectivity index (χ3n) is 3.91. The molecule has 2 heteroatoms. The van der Waals surface area contributed by atoms with Gasteiger partial charge in [0.1, 0.15) is 0 Å². The Hall–Kier alpha value is -1.15. The maximum absolute atomic E-state index is 4.40. The number of hydrogen-bond acceptors (Lipinski definition) is 2. The third-order valence-corrected chi connectivity index (χ3v) is 3.91. The van der Waals surface area contributed by atoms with Crippen molar-refractivity contribution in [1.29, 1.82) is 0 Å². The molecule has 1 fully saturated rings. The van der Waals surface area contributed by atoms with E-state index in [0.717, 1.165) is 24.1 Å². The zero-order valence-electron chi connectivity index (χ0n) is 9.74. The number of allylic oxidation sites excluding steroid dienone is 1. The minimum Gasteiger partial charge on any atom is -0.316 e. The van der Waals surface area contributed by atoms with Gasteiger partial charge in [-0.15, -0.1) is 0 Å². The molecule has 1 aliphatic heterocycles. The van der Waals surface area contributed by atoms with E-state index in [2.05, 4.69) is 28.5 Å². The smallest absolute Gasteiger partial charge is 0.0373 e. The average molecular weight is 214 g/mol. The van der Waals surface area contributed by atoms with Crippen molar-refractivity contribution in [3.05, 3.63) is 35.7 Å². The maximum Gasteiger partial charge on any atom is 0.0373 e. The Morgan fingerprint density at radius 3 is 3.12 bits per heavy atom. The van der Waals surface area contributed by atoms with Gasteiger partial charge >= 0.3 is 0 Å². The summed E-state index contributed by atoms with van der Waals surface area (Å²) in [6.45, 7) is 4.37. The van der Waals surface area contributed by atoms with Crippen molar-refractivity contribution in [2.24, 2.45) is 11.8 Å². The lowest BCUT2D eigenvalue weighted by Gasteiger charge is -2.28. The van der Waals surface area contributed by atoms with Gasteiger partial charge in [0.25, 0.3) is 0 Å². The van der Waals surface area contributed by atoms with Gasteiger partial charge in [0.05, 0.1) is 0 Å². The molecule has 1 aliphatic carbocycles. The highest BCUT2D eigenvalue weighted by Gasteiger charge is 2.32. The van der Waals surface area contributed by atoms with E-state index in [4.69, 9.17) is 0 Å². The van der Waals surface area contributed by atoms with Crippen molar-refractivity contribution >= 4 is 5.57 Å². The molecule has 0 spiro atoms. The minimum absolute atomic E-state index is 0.721. The van der Waals surface area contributed by atoms with Crippen LogP contribution >= 0.6 is 0 Å². The largest absolute Gasteiger partial charge is 0.316 e. The topological polar surface area (TPSA) is 24.9 Å². The van der Waals surface area contributed by atoms with E-state index in [9.17, 15) is 0 Å². The molecule has 2 atom stereocenters. The van der Waals surface area contributed by atoms with Crippen molar-refractivity contribution in [2.45, 2.75) is 19.8 Å². The molecular formula is C14H18N2. The van der Waals surface area contributed by atoms with Crippen LogP contribution in [0, 0.1) is 18.8 Å². The fourth-order valence-corrected chi connectivity index (χ4v) is 2.96. The average Bonchev–Trinajstić information content (AvgIpc) is 2.74. The third kappa shape index (κ3) is 1.67. The van der Waals surface area contributed by atoms with Crippen molar-refractivity contribution in [3.63, 3.8) is 0 Å². The maximum atomic E-state index is 4.40. The summed E-state index contributed by atoms with van der Waals surface area (Å²) in [5.74, 6) is 1.59. The summed E-state index contributed by atoms with van der Waals surface area (Å²) in [6.07, 6.45) is 7.03. The van der Waals surface area contributed by atoms with E-state index in [1.807, 2.05) is 13.1 Å². The minimum atomic E-state index is 0.721. The van der Waals surface area contributed by atoms with Crippen LogP contribution in [0.2, 0.25) is 0 Å². The summed E-state index contributed by atoms with van der Waals surface area (Å²) in [5, 5.41) is 3.51. The molecule has 0 radical (unpaired) electrons. The number of aryl methyl sites for hydroxylation is 1. The number of hydrogen-bond donors (Lipinski definition) is 1. The Kier molecular flexibility index (Phi) is 2.52. The van der Waals surface area contributed by atoms with Crippen LogP contribution in [0.1, 0.15) is 24.1 Å². The molecule has 0 bridgehead atoms. The first-order valence-corrected chi connectivity index (χ1v) is 6.18. The lowest BCUT2D eigenvalue weighted by molar-refractivity contribution is 0.328. The zero-order valence-corrected chi connectivity index (χ0v) is 9.74. The number of nitrogens with one attached hydrogen (secondary N) is 1. The quantitative estimate of drug-likeness (QED) is 0.776. The molecule has 0 unspecified atom stereocenters. The van der Waals surface area contributed by atoms with E-state index in [1.54, 1.807) is 0 Å². The summed E-state index contributed by atoms with van der Waals surface area (Å²) in [5.41, 5.74) is 3.94. The van der Waals surface area contributed by atoms with Crippen LogP contribution in [0.15, 0.2) is 24.4 Å². The van der Waals surface area contributed by atoms with Crippen LogP contribution in [0.3, 0.4) is 0 Å². The highest BCUT2D eigenvalue weighted by atomic mass is 14.9. The SMILES string of the molecule is Cc1ccc(C2=CC[C@@H]3CCNC[C@H]23)cn1. The second-order valence-corrected chi connectivity index (χ2v) is 4.94. The lowest BCUT2D eigenvalue weighted by atomic mass is 9.84. The van der Waals surface area contributed by atoms with Gasteiger partial charge < -0.3 is 5.32 Å². The molecular weight excluding hydrogens is 196 g/mol. The molecule has 1 aromatic heterocycles. The first-order valence-electron chi connectivity index (χ1n) is 6.18. The monoisotopic (exact) mass is 214 g/mol. The highest BCUT2D eigenvalue weighted by Crippen LogP contribution is 2.40. The van der Waals surface area contributed by atoms with Crippen LogP contribution in [0.25, 0.3) is 5.57 Å². The lowest BCUT2D eigenvalue weighted by Crippen LogP contribution is -2.34. The molecule has 16 heavy (non-hydrogen) atoms. The Bertz CT molecular complexity index is 405. The van der Waals surface area contributed by atoms with Gasteiger partial charge in [-0.1, -0.05) is 12.1 Å². The second kappa shape index (κ2) is 4.02. The molecule has 3 rings (SSSR count). The Morgan fingerprint density at radius 1 is 1.38 bits per heavy atom. The summed E-state index contributed by atoms with van der Waals surface area (Å²) in [6, 6.07) is 4.32. The fourth-order valence-electron chi connectivity index (χ4n) is 2.96. The fraction of sp³-hybridized carbons (Fsp3) is 0.500. The molecule has 1 N–H and O–H groups in total. The van der Waals surface area contributed by atoms with E-state index < -0.39 is 0 Å². The van der Waals surface area contributed by atoms with Gasteiger partial charge in [-0.2, -0.15) is 0 Å². The van der Waals surface area contributed by atoms with Gasteiger partial charge in [0, 0.05) is 18.4 Å². The predicted molar refractivity (Wildman–Crippen MR) is 66.0 cm³/mol. The van der Waals surface area contributed by atoms with Crippen molar-refractivity contribution in [2.75, 3.05) is 13.1 Å². The van der Waals surface area contributed by atoms with Crippen molar-refractivity contribution in [3.8, 4) is 0 Å². The molecule has 2 heterocycles. The number of piperidine rings is 1. The van der Waals surface area contributed by atoms with Crippen molar-refractivity contribution in [1.82, 2.24) is 10.3 Å². The van der Waals surface area contributed by atoms with Crippen LogP contribution in [-0.4, -0.2) is 18.1 Å². The number of aromatic nitrogens is 1. The van der Waals surface area contributed by atoms with E-state index in [-0.39, 0.29) is 0 Å². The standard InChI is InChI=1S/C14H18N2/c1-10-2-3-12(8-16-10)13-5-4-11-6-7-15-9-14(11)13/h2-3,5,8,11,14-15H,4,6-7,9H2,1H3/t11-,14+/m1/s1. The van der Waals surface area contributed by atoms with Gasteiger partial charge in [-0.3, -0.25) is 4.98 Å². The summed E-state index contributed by atoms with van der Waals surface area (Å²) in [4.78, 5) is 4.40. The molecule has 1 saturated heterocycles. The van der Waals surface area contributed by atoms with Gasteiger partial charge in [0.2, 0.25) is 0 Å². The number of pyridine rings is 1. The van der Waals surface area contributed by atoms with Crippen LogP contribution in [0.4, 0.5) is 0 Å². The van der Waals surface area contributed by atoms with Gasteiger partial charge in [-0.25, -0.2) is 0 Å². The first-order chi connectivity index (χ1) is 7.84. The Morgan fingerprint density at radius 2 is 2.31 bits per heavy atom. The van der Waals surface area contributed by atoms with Gasteiger partial charge in [0.15, 0.2) is 0 Å². The normalized spacial score (nSPS) is 28.7. The van der Waals surface area contributed by atoms with E-state index in [1.165, 1.54) is 30.5 Å². The van der Waals surface area contributed by atoms with E-state index >= 15 is 0 Å². The highest BCUT2D eigenvalue weighted by molar-refractivity contribution is 5.69. The molecule has 0 saturated carbocycles. The zero-order chi connectivity index (χ0) is 11.0. The summed E-state index contributed by atoms with van der Waals surface area (Å²) < 4.78 is 0. The van der Waals surface area contributed by atoms with Crippen LogP contribution < -0.4 is 5.32 Å². The number of nitrogens with zero attached hydrogens (tertiary/aromatic N) is 1. The summed E-state index contributed by atoms with van der Waals surface area (Å²) >= 11 is 0. The number of fused-ring (bicyclic) bond motifs is 1. The Balaban J connectivity index is 1.87. The predicted octanol–water partition coefficient (Wildman–Crippen LogP) is 2.40. The van der Waals surface area contributed by atoms with Gasteiger partial charge in [-0.05, 0) is 55.3 Å². The molecule has 0 aromatic carbocycles. The Labute approximate surface area is 96.8 Å². The van der Waals surface area contributed by atoms with Crippen LogP contribution in [0.5, 0.6) is 0 Å². The molecule has 1 aromatic rings. The first kappa shape index (κ1) is 10.0. The van der Waals surface area contributed by atoms with E-state index in [0.29, 0.717) is 0 Å².